The second-order valence-corrected chi connectivity index (χ2v) is 23.9. The Kier molecular flexibility index (Phi) is 54.7. The van der Waals surface area contributed by atoms with Crippen LogP contribution in [0.1, 0.15) is 316 Å². The lowest BCUT2D eigenvalue weighted by molar-refractivity contribution is -0.303. The van der Waals surface area contributed by atoms with Crippen molar-refractivity contribution < 1.29 is 50.0 Å². The molecule has 1 heterocycles. The molecule has 1 saturated heterocycles. The Balaban J connectivity index is 2.27. The van der Waals surface area contributed by atoms with Gasteiger partial charge >= 0.3 is 0 Å². The second kappa shape index (κ2) is 57.5. The average Bonchev–Trinajstić information content (AvgIpc) is 3.48. The van der Waals surface area contributed by atoms with Crippen molar-refractivity contribution in [2.45, 2.75) is 371 Å². The van der Waals surface area contributed by atoms with Crippen molar-refractivity contribution >= 4 is 5.91 Å². The van der Waals surface area contributed by atoms with E-state index in [0.717, 1.165) is 44.9 Å². The zero-order chi connectivity index (χ0) is 58.2. The number of aliphatic hydroxyl groups is 7. The van der Waals surface area contributed by atoms with Gasteiger partial charge in [0.15, 0.2) is 6.29 Å². The molecule has 11 nitrogen and oxygen atoms in total. The molecular weight excluding hydrogens is 1000 g/mol. The summed E-state index contributed by atoms with van der Waals surface area (Å²) in [7, 11) is 0. The molecule has 1 fully saturated rings. The van der Waals surface area contributed by atoms with E-state index in [0.29, 0.717) is 19.3 Å². The predicted molar refractivity (Wildman–Crippen MR) is 335 cm³/mol. The predicted octanol–water partition coefficient (Wildman–Crippen LogP) is 16.0. The molecule has 0 aromatic rings. The van der Waals surface area contributed by atoms with Gasteiger partial charge in [0.2, 0.25) is 5.91 Å². The molecule has 1 rings (SSSR count). The van der Waals surface area contributed by atoms with Crippen LogP contribution in [0.4, 0.5) is 0 Å². The quantitative estimate of drug-likeness (QED) is 0.0215. The normalized spacial score (nSPS) is 19.5. The number of ether oxygens (including phenoxy) is 2. The molecule has 1 aliphatic rings. The van der Waals surface area contributed by atoms with Gasteiger partial charge in [0, 0.05) is 0 Å². The molecule has 0 radical (unpaired) electrons. The summed E-state index contributed by atoms with van der Waals surface area (Å²) >= 11 is 0. The van der Waals surface area contributed by atoms with E-state index in [-0.39, 0.29) is 12.8 Å². The molecule has 80 heavy (non-hydrogen) atoms. The number of nitrogens with one attached hydrogen (secondary N) is 1. The number of unbranched alkanes of at least 4 members (excludes halogenated alkanes) is 39. The van der Waals surface area contributed by atoms with Crippen LogP contribution in [0.3, 0.4) is 0 Å². The lowest BCUT2D eigenvalue weighted by Gasteiger charge is -2.40. The van der Waals surface area contributed by atoms with Gasteiger partial charge in [-0.3, -0.25) is 4.79 Å². The van der Waals surface area contributed by atoms with Crippen LogP contribution >= 0.6 is 0 Å². The second-order valence-electron chi connectivity index (χ2n) is 23.9. The summed E-state index contributed by atoms with van der Waals surface area (Å²) in [5.74, 6) is -0.711. The van der Waals surface area contributed by atoms with E-state index in [1.165, 1.54) is 225 Å². The van der Waals surface area contributed by atoms with Gasteiger partial charge < -0.3 is 50.5 Å². The fraction of sp³-hybridized carbons (Fsp3) is 0.870. The van der Waals surface area contributed by atoms with E-state index in [1.54, 1.807) is 0 Å². The smallest absolute Gasteiger partial charge is 0.249 e. The number of carbonyl (C=O) groups excluding carboxylic acids is 1. The van der Waals surface area contributed by atoms with Crippen molar-refractivity contribution in [2.24, 2.45) is 0 Å². The molecule has 8 N–H and O–H groups in total. The van der Waals surface area contributed by atoms with Gasteiger partial charge in [0.1, 0.15) is 36.6 Å². The number of carbonyl (C=O) groups is 1. The molecule has 0 saturated carbocycles. The van der Waals surface area contributed by atoms with Gasteiger partial charge in [-0.2, -0.15) is 0 Å². The van der Waals surface area contributed by atoms with E-state index < -0.39 is 74.2 Å². The summed E-state index contributed by atoms with van der Waals surface area (Å²) in [4.78, 5) is 13.2. The Bertz CT molecular complexity index is 1440. The number of hydrogen-bond donors (Lipinski definition) is 8. The summed E-state index contributed by atoms with van der Waals surface area (Å²) in [6, 6.07) is -1.20. The van der Waals surface area contributed by atoms with E-state index in [2.05, 4.69) is 67.8 Å². The molecule has 0 aromatic carbocycles. The highest BCUT2D eigenvalue weighted by atomic mass is 16.7. The first-order valence-corrected chi connectivity index (χ1v) is 34.0. The fourth-order valence-corrected chi connectivity index (χ4v) is 10.8. The summed E-state index contributed by atoms with van der Waals surface area (Å²) in [6.45, 7) is 3.48. The first-order chi connectivity index (χ1) is 39.2. The van der Waals surface area contributed by atoms with E-state index in [1.807, 2.05) is 0 Å². The molecule has 0 spiro atoms. The van der Waals surface area contributed by atoms with Crippen LogP contribution in [0.2, 0.25) is 0 Å². The monoisotopic (exact) mass is 1130 g/mol. The third-order valence-electron chi connectivity index (χ3n) is 16.3. The van der Waals surface area contributed by atoms with Crippen molar-refractivity contribution in [1.82, 2.24) is 5.32 Å². The maximum Gasteiger partial charge on any atom is 0.249 e. The van der Waals surface area contributed by atoms with Crippen LogP contribution < -0.4 is 5.32 Å². The third-order valence-corrected chi connectivity index (χ3v) is 16.3. The van der Waals surface area contributed by atoms with Gasteiger partial charge in [-0.15, -0.1) is 0 Å². The van der Waals surface area contributed by atoms with E-state index in [9.17, 15) is 40.5 Å². The molecule has 9 atom stereocenters. The number of rotatable bonds is 59. The van der Waals surface area contributed by atoms with Gasteiger partial charge in [-0.1, -0.05) is 274 Å². The summed E-state index contributed by atoms with van der Waals surface area (Å²) in [5, 5.41) is 76.4. The van der Waals surface area contributed by atoms with Crippen LogP contribution in [0, 0.1) is 0 Å². The lowest BCUT2D eigenvalue weighted by Crippen LogP contribution is -2.60. The van der Waals surface area contributed by atoms with Crippen LogP contribution in [0.25, 0.3) is 0 Å². The van der Waals surface area contributed by atoms with Crippen molar-refractivity contribution in [3.05, 3.63) is 48.6 Å². The lowest BCUT2D eigenvalue weighted by atomic mass is 9.98. The minimum Gasteiger partial charge on any atom is -0.394 e. The summed E-state index contributed by atoms with van der Waals surface area (Å²) < 4.78 is 11.2. The van der Waals surface area contributed by atoms with Gasteiger partial charge in [0.25, 0.3) is 0 Å². The topological polar surface area (TPSA) is 189 Å². The molecule has 470 valence electrons. The minimum absolute atomic E-state index is 0.241. The van der Waals surface area contributed by atoms with Gasteiger partial charge in [-0.25, -0.2) is 0 Å². The first-order valence-electron chi connectivity index (χ1n) is 34.0. The Morgan fingerprint density at radius 1 is 0.425 bits per heavy atom. The zero-order valence-corrected chi connectivity index (χ0v) is 51.8. The fourth-order valence-electron chi connectivity index (χ4n) is 10.8. The van der Waals surface area contributed by atoms with Crippen molar-refractivity contribution in [3.63, 3.8) is 0 Å². The molecule has 11 heteroatoms. The molecule has 9 unspecified atom stereocenters. The number of amides is 1. The van der Waals surface area contributed by atoms with Crippen LogP contribution in [0.15, 0.2) is 48.6 Å². The molecule has 1 aliphatic heterocycles. The van der Waals surface area contributed by atoms with Crippen LogP contribution in [-0.4, -0.2) is 110 Å². The number of hydrogen-bond acceptors (Lipinski definition) is 10. The Hall–Kier alpha value is -1.93. The minimum atomic E-state index is -1.68. The van der Waals surface area contributed by atoms with Gasteiger partial charge in [-0.05, 0) is 89.9 Å². The van der Waals surface area contributed by atoms with Crippen molar-refractivity contribution in [3.8, 4) is 0 Å². The molecule has 0 aromatic heterocycles. The average molecular weight is 1130 g/mol. The highest BCUT2D eigenvalue weighted by molar-refractivity contribution is 5.80. The Morgan fingerprint density at radius 3 is 1.11 bits per heavy atom. The Labute approximate surface area is 491 Å². The van der Waals surface area contributed by atoms with E-state index in [4.69, 9.17) is 9.47 Å². The number of aliphatic hydroxyl groups excluding tert-OH is 7. The highest BCUT2D eigenvalue weighted by Crippen LogP contribution is 2.24. The molecule has 0 aliphatic carbocycles. The zero-order valence-electron chi connectivity index (χ0n) is 51.8. The largest absolute Gasteiger partial charge is 0.394 e. The highest BCUT2D eigenvalue weighted by Gasteiger charge is 2.44. The third kappa shape index (κ3) is 44.6. The van der Waals surface area contributed by atoms with Crippen molar-refractivity contribution in [2.75, 3.05) is 13.2 Å². The van der Waals surface area contributed by atoms with Crippen LogP contribution in [0.5, 0.6) is 0 Å². The standard InChI is InChI=1S/C69H129NO10/c1-3-5-7-9-11-13-15-17-19-21-23-25-27-29-31-33-34-36-38-40-42-44-46-48-50-52-54-56-61(72)64(74)60(59-79-69-67(77)66(76)65(75)63(58-71)80-69)70-68(78)62(73)57-55-53-51-49-47-45-43-41-39-37-35-32-30-28-26-24-22-20-18-16-14-12-10-8-6-4-2/h30,32-34,40,42,48,50,60-67,69,71-77H,3-29,31,35-39,41,43-47,49,51-59H2,1-2H3,(H,70,78)/b32-30-,34-33+,42-40+,50-48+. The molecular formula is C69H129NO10. The molecule has 0 bridgehead atoms. The maximum atomic E-state index is 13.2. The van der Waals surface area contributed by atoms with Crippen LogP contribution in [-0.2, 0) is 14.3 Å². The maximum absolute atomic E-state index is 13.2. The summed E-state index contributed by atoms with van der Waals surface area (Å²) in [5.41, 5.74) is 0. The van der Waals surface area contributed by atoms with E-state index >= 15 is 0 Å². The number of allylic oxidation sites excluding steroid dienone is 8. The SMILES string of the molecule is CCCCCCCCCCCCCC/C=C\CCCCCCCCCCCCC(O)C(=O)NC(COC1OC(CO)C(O)C(O)C1O)C(O)C(O)CCC/C=C/CC/C=C/CC/C=C/CCCCCCCCCCCCCCCC. The molecule has 1 amide bonds. The van der Waals surface area contributed by atoms with Crippen molar-refractivity contribution in [1.29, 1.82) is 0 Å². The summed E-state index contributed by atoms with van der Waals surface area (Å²) in [6.07, 6.45) is 63.3. The first kappa shape index (κ1) is 76.1. The Morgan fingerprint density at radius 2 is 0.750 bits per heavy atom. The van der Waals surface area contributed by atoms with Gasteiger partial charge in [0.05, 0.1) is 25.4 Å².